The van der Waals surface area contributed by atoms with E-state index in [0.717, 1.165) is 5.56 Å². The minimum atomic E-state index is -0.285. The molecule has 0 bridgehead atoms. The molecule has 20 heavy (non-hydrogen) atoms. The number of hydrogen-bond acceptors (Lipinski definition) is 3. The van der Waals surface area contributed by atoms with E-state index >= 15 is 0 Å². The fraction of sp³-hybridized carbons (Fsp3) is 0.133. The Hall–Kier alpha value is -2.20. The van der Waals surface area contributed by atoms with Gasteiger partial charge in [-0.25, -0.2) is 0 Å². The largest absolute Gasteiger partial charge is 0.508 e. The van der Waals surface area contributed by atoms with Crippen LogP contribution in [0.25, 0.3) is 0 Å². The molecule has 0 saturated heterocycles. The quantitative estimate of drug-likeness (QED) is 0.910. The molecule has 0 heterocycles. The van der Waals surface area contributed by atoms with E-state index in [4.69, 9.17) is 16.3 Å². The molecule has 2 aromatic rings. The van der Waals surface area contributed by atoms with E-state index in [9.17, 15) is 9.90 Å². The first-order valence-electron chi connectivity index (χ1n) is 6.00. The molecule has 0 aliphatic rings. The highest BCUT2D eigenvalue weighted by Gasteiger charge is 2.12. The molecule has 2 rings (SSSR count). The van der Waals surface area contributed by atoms with E-state index in [0.29, 0.717) is 22.9 Å². The zero-order valence-electron chi connectivity index (χ0n) is 10.9. The molecule has 0 fully saturated rings. The van der Waals surface area contributed by atoms with Crippen molar-refractivity contribution in [2.75, 3.05) is 7.11 Å². The number of carbonyl (C=O) groups excluding carboxylic acids is 1. The Labute approximate surface area is 122 Å². The summed E-state index contributed by atoms with van der Waals surface area (Å²) < 4.78 is 5.13. The van der Waals surface area contributed by atoms with Gasteiger partial charge in [0.2, 0.25) is 0 Å². The highest BCUT2D eigenvalue weighted by molar-refractivity contribution is 6.31. The summed E-state index contributed by atoms with van der Waals surface area (Å²) in [6.07, 6.45) is 0. The minimum Gasteiger partial charge on any atom is -0.508 e. The molecule has 0 unspecified atom stereocenters. The first-order valence-corrected chi connectivity index (χ1v) is 6.37. The second-order valence-corrected chi connectivity index (χ2v) is 4.63. The van der Waals surface area contributed by atoms with Crippen molar-refractivity contribution in [3.05, 3.63) is 58.6 Å². The number of benzene rings is 2. The lowest BCUT2D eigenvalue weighted by Gasteiger charge is -2.10. The van der Waals surface area contributed by atoms with Crippen LogP contribution in [0.15, 0.2) is 42.5 Å². The molecule has 4 nitrogen and oxygen atoms in total. The second kappa shape index (κ2) is 6.30. The van der Waals surface area contributed by atoms with Crippen molar-refractivity contribution in [2.45, 2.75) is 6.54 Å². The number of nitrogens with one attached hydrogen (secondary N) is 1. The van der Waals surface area contributed by atoms with Crippen LogP contribution in [0, 0.1) is 0 Å². The van der Waals surface area contributed by atoms with Gasteiger partial charge in [-0.05, 0) is 35.9 Å². The summed E-state index contributed by atoms with van der Waals surface area (Å²) in [5.74, 6) is 0.340. The van der Waals surface area contributed by atoms with Crippen molar-refractivity contribution in [2.24, 2.45) is 0 Å². The second-order valence-electron chi connectivity index (χ2n) is 4.20. The Bertz CT molecular complexity index is 628. The summed E-state index contributed by atoms with van der Waals surface area (Å²) in [4.78, 5) is 12.1. The molecule has 0 aliphatic carbocycles. The maximum absolute atomic E-state index is 12.1. The van der Waals surface area contributed by atoms with Crippen LogP contribution in [0.5, 0.6) is 11.5 Å². The SMILES string of the molecule is COc1ccc(Cl)cc1C(=O)NCc1cccc(O)c1. The van der Waals surface area contributed by atoms with Gasteiger partial charge in [0.05, 0.1) is 12.7 Å². The van der Waals surface area contributed by atoms with E-state index in [1.165, 1.54) is 7.11 Å². The van der Waals surface area contributed by atoms with Gasteiger partial charge < -0.3 is 15.2 Å². The molecular weight excluding hydrogens is 278 g/mol. The monoisotopic (exact) mass is 291 g/mol. The van der Waals surface area contributed by atoms with Gasteiger partial charge in [0.25, 0.3) is 5.91 Å². The lowest BCUT2D eigenvalue weighted by Crippen LogP contribution is -2.23. The van der Waals surface area contributed by atoms with Crippen molar-refractivity contribution in [1.82, 2.24) is 5.32 Å². The Morgan fingerprint density at radius 3 is 2.80 bits per heavy atom. The normalized spacial score (nSPS) is 10.1. The number of rotatable bonds is 4. The third-order valence-electron chi connectivity index (χ3n) is 2.77. The van der Waals surface area contributed by atoms with Crippen LogP contribution in [-0.4, -0.2) is 18.1 Å². The fourth-order valence-corrected chi connectivity index (χ4v) is 1.97. The molecule has 1 amide bonds. The number of phenolic OH excluding ortho intramolecular Hbond substituents is 1. The minimum absolute atomic E-state index is 0.164. The Balaban J connectivity index is 2.10. The Morgan fingerprint density at radius 2 is 2.10 bits per heavy atom. The highest BCUT2D eigenvalue weighted by Crippen LogP contribution is 2.22. The summed E-state index contributed by atoms with van der Waals surface area (Å²) in [5, 5.41) is 12.6. The third kappa shape index (κ3) is 3.42. The highest BCUT2D eigenvalue weighted by atomic mass is 35.5. The van der Waals surface area contributed by atoms with Crippen LogP contribution in [0.4, 0.5) is 0 Å². The molecule has 0 aromatic heterocycles. The van der Waals surface area contributed by atoms with Gasteiger partial charge in [-0.15, -0.1) is 0 Å². The van der Waals surface area contributed by atoms with Gasteiger partial charge >= 0.3 is 0 Å². The summed E-state index contributed by atoms with van der Waals surface area (Å²) >= 11 is 5.89. The van der Waals surface area contributed by atoms with Crippen LogP contribution in [0.2, 0.25) is 5.02 Å². The van der Waals surface area contributed by atoms with Gasteiger partial charge in [0.15, 0.2) is 0 Å². The predicted octanol–water partition coefficient (Wildman–Crippen LogP) is 2.98. The van der Waals surface area contributed by atoms with Crippen LogP contribution < -0.4 is 10.1 Å². The topological polar surface area (TPSA) is 58.6 Å². The molecular formula is C15H14ClNO3. The Kier molecular flexibility index (Phi) is 4.48. The van der Waals surface area contributed by atoms with Crippen LogP contribution >= 0.6 is 11.6 Å². The molecule has 5 heteroatoms. The molecule has 0 radical (unpaired) electrons. The standard InChI is InChI=1S/C15H14ClNO3/c1-20-14-6-5-11(16)8-13(14)15(19)17-9-10-3-2-4-12(18)7-10/h2-8,18H,9H2,1H3,(H,17,19). The molecule has 0 aliphatic heterocycles. The van der Waals surface area contributed by atoms with Crippen molar-refractivity contribution >= 4 is 17.5 Å². The van der Waals surface area contributed by atoms with Gasteiger partial charge in [-0.3, -0.25) is 4.79 Å². The van der Waals surface area contributed by atoms with E-state index in [1.54, 1.807) is 36.4 Å². The zero-order valence-corrected chi connectivity index (χ0v) is 11.6. The fourth-order valence-electron chi connectivity index (χ4n) is 1.80. The average Bonchev–Trinajstić information content (AvgIpc) is 2.45. The van der Waals surface area contributed by atoms with E-state index in [-0.39, 0.29) is 11.7 Å². The molecule has 2 aromatic carbocycles. The molecule has 0 atom stereocenters. The van der Waals surface area contributed by atoms with Gasteiger partial charge in [-0.1, -0.05) is 23.7 Å². The van der Waals surface area contributed by atoms with Crippen molar-refractivity contribution in [3.8, 4) is 11.5 Å². The molecule has 2 N–H and O–H groups in total. The Morgan fingerprint density at radius 1 is 1.30 bits per heavy atom. The van der Waals surface area contributed by atoms with Crippen LogP contribution in [-0.2, 0) is 6.54 Å². The number of amides is 1. The predicted molar refractivity (Wildman–Crippen MR) is 77.3 cm³/mol. The summed E-state index contributed by atoms with van der Waals surface area (Å²) in [7, 11) is 1.50. The number of halogens is 1. The van der Waals surface area contributed by atoms with Crippen molar-refractivity contribution < 1.29 is 14.6 Å². The maximum atomic E-state index is 12.1. The molecule has 0 spiro atoms. The average molecular weight is 292 g/mol. The number of hydrogen-bond donors (Lipinski definition) is 2. The van der Waals surface area contributed by atoms with Gasteiger partial charge in [0, 0.05) is 11.6 Å². The van der Waals surface area contributed by atoms with E-state index < -0.39 is 0 Å². The zero-order chi connectivity index (χ0) is 14.5. The summed E-state index contributed by atoms with van der Waals surface area (Å²) in [5.41, 5.74) is 1.18. The van der Waals surface area contributed by atoms with Crippen molar-refractivity contribution in [1.29, 1.82) is 0 Å². The number of methoxy groups -OCH3 is 1. The first-order chi connectivity index (χ1) is 9.60. The van der Waals surface area contributed by atoms with Crippen molar-refractivity contribution in [3.63, 3.8) is 0 Å². The van der Waals surface area contributed by atoms with Gasteiger partial charge in [-0.2, -0.15) is 0 Å². The molecule has 104 valence electrons. The van der Waals surface area contributed by atoms with Crippen LogP contribution in [0.1, 0.15) is 15.9 Å². The van der Waals surface area contributed by atoms with Crippen LogP contribution in [0.3, 0.4) is 0 Å². The van der Waals surface area contributed by atoms with Gasteiger partial charge in [0.1, 0.15) is 11.5 Å². The number of aromatic hydroxyl groups is 1. The first kappa shape index (κ1) is 14.2. The smallest absolute Gasteiger partial charge is 0.255 e. The number of carbonyl (C=O) groups is 1. The summed E-state index contributed by atoms with van der Waals surface area (Å²) in [6.45, 7) is 0.308. The van der Waals surface area contributed by atoms with E-state index in [1.807, 2.05) is 6.07 Å². The number of ether oxygens (including phenoxy) is 1. The van der Waals surface area contributed by atoms with E-state index in [2.05, 4.69) is 5.32 Å². The summed E-state index contributed by atoms with van der Waals surface area (Å²) in [6, 6.07) is 11.6. The maximum Gasteiger partial charge on any atom is 0.255 e. The molecule has 0 saturated carbocycles. The number of phenols is 1. The lowest BCUT2D eigenvalue weighted by atomic mass is 10.1. The lowest BCUT2D eigenvalue weighted by molar-refractivity contribution is 0.0948. The third-order valence-corrected chi connectivity index (χ3v) is 3.00.